The summed E-state index contributed by atoms with van der Waals surface area (Å²) in [5.74, 6) is 0.995. The third kappa shape index (κ3) is 4.15. The van der Waals surface area contributed by atoms with Crippen molar-refractivity contribution in [3.8, 4) is 11.8 Å². The Hall–Kier alpha value is -2.57. The van der Waals surface area contributed by atoms with Crippen LogP contribution in [0.3, 0.4) is 0 Å². The van der Waals surface area contributed by atoms with Gasteiger partial charge in [-0.2, -0.15) is 9.97 Å². The number of aromatic nitrogens is 2. The standard InChI is InChI=1S/C19H25N3O4/c1-12-10-14(11-22(12)18(23)26-19(2,3)4)25-16-9-7-13-6-8-15(24-5)20-17(13)21-16/h6-9,12,14H,10-11H2,1-5H3. The molecule has 0 bridgehead atoms. The number of methoxy groups -OCH3 is 1. The van der Waals surface area contributed by atoms with Crippen molar-refractivity contribution in [3.63, 3.8) is 0 Å². The van der Waals surface area contributed by atoms with Gasteiger partial charge < -0.3 is 19.1 Å². The van der Waals surface area contributed by atoms with Crippen LogP contribution in [0.4, 0.5) is 4.79 Å². The zero-order valence-corrected chi connectivity index (χ0v) is 15.9. The number of amides is 1. The SMILES string of the molecule is COc1ccc2ccc(OC3CC(C)N(C(=O)OC(C)(C)C)C3)nc2n1. The molecule has 26 heavy (non-hydrogen) atoms. The average molecular weight is 359 g/mol. The van der Waals surface area contributed by atoms with Gasteiger partial charge in [-0.3, -0.25) is 0 Å². The normalized spacial score (nSPS) is 20.3. The number of carbonyl (C=O) groups excluding carboxylic acids is 1. The van der Waals surface area contributed by atoms with E-state index in [-0.39, 0.29) is 18.2 Å². The van der Waals surface area contributed by atoms with Crippen molar-refractivity contribution in [2.75, 3.05) is 13.7 Å². The molecule has 0 aliphatic carbocycles. The van der Waals surface area contributed by atoms with Gasteiger partial charge in [0.1, 0.15) is 11.7 Å². The first-order valence-electron chi connectivity index (χ1n) is 8.73. The Morgan fingerprint density at radius 2 is 1.81 bits per heavy atom. The highest BCUT2D eigenvalue weighted by Crippen LogP contribution is 2.25. The van der Waals surface area contributed by atoms with E-state index >= 15 is 0 Å². The van der Waals surface area contributed by atoms with Gasteiger partial charge in [0.15, 0.2) is 5.65 Å². The molecule has 2 unspecified atom stereocenters. The van der Waals surface area contributed by atoms with E-state index < -0.39 is 5.60 Å². The summed E-state index contributed by atoms with van der Waals surface area (Å²) in [5, 5.41) is 0.910. The first-order chi connectivity index (χ1) is 12.2. The summed E-state index contributed by atoms with van der Waals surface area (Å²) in [6.45, 7) is 8.05. The number of hydrogen-bond donors (Lipinski definition) is 0. The molecule has 1 aliphatic rings. The van der Waals surface area contributed by atoms with Gasteiger partial charge in [-0.25, -0.2) is 4.79 Å². The third-order valence-electron chi connectivity index (χ3n) is 4.16. The minimum Gasteiger partial charge on any atom is -0.481 e. The van der Waals surface area contributed by atoms with Gasteiger partial charge in [0.2, 0.25) is 11.8 Å². The Labute approximate surface area is 153 Å². The van der Waals surface area contributed by atoms with E-state index in [2.05, 4.69) is 9.97 Å². The monoisotopic (exact) mass is 359 g/mol. The number of carbonyl (C=O) groups is 1. The zero-order valence-electron chi connectivity index (χ0n) is 15.9. The summed E-state index contributed by atoms with van der Waals surface area (Å²) in [6, 6.07) is 7.47. The van der Waals surface area contributed by atoms with Crippen molar-refractivity contribution in [1.82, 2.24) is 14.9 Å². The molecule has 1 fully saturated rings. The van der Waals surface area contributed by atoms with Crippen LogP contribution in [0.25, 0.3) is 11.0 Å². The Balaban J connectivity index is 1.69. The summed E-state index contributed by atoms with van der Waals surface area (Å²) >= 11 is 0. The molecule has 1 aliphatic heterocycles. The quantitative estimate of drug-likeness (QED) is 0.836. The molecule has 7 heteroatoms. The molecule has 2 aromatic heterocycles. The van der Waals surface area contributed by atoms with Crippen LogP contribution in [0.15, 0.2) is 24.3 Å². The molecule has 0 N–H and O–H groups in total. The minimum atomic E-state index is -0.514. The molecule has 0 spiro atoms. The molecular weight excluding hydrogens is 334 g/mol. The molecule has 1 amide bonds. The predicted molar refractivity (Wildman–Crippen MR) is 97.5 cm³/mol. The highest BCUT2D eigenvalue weighted by Gasteiger charge is 2.36. The summed E-state index contributed by atoms with van der Waals surface area (Å²) in [4.78, 5) is 22.8. The molecular formula is C19H25N3O4. The number of fused-ring (bicyclic) bond motifs is 1. The highest BCUT2D eigenvalue weighted by molar-refractivity contribution is 5.75. The minimum absolute atomic E-state index is 0.0496. The van der Waals surface area contributed by atoms with Crippen LogP contribution < -0.4 is 9.47 Å². The first kappa shape index (κ1) is 18.2. The molecule has 7 nitrogen and oxygen atoms in total. The van der Waals surface area contributed by atoms with Crippen LogP contribution in [0.2, 0.25) is 0 Å². The van der Waals surface area contributed by atoms with Gasteiger partial charge in [-0.05, 0) is 39.8 Å². The molecule has 3 rings (SSSR count). The van der Waals surface area contributed by atoms with Crippen LogP contribution in [-0.4, -0.2) is 52.4 Å². The summed E-state index contributed by atoms with van der Waals surface area (Å²) < 4.78 is 16.6. The number of rotatable bonds is 3. The average Bonchev–Trinajstić information content (AvgIpc) is 2.93. The van der Waals surface area contributed by atoms with Crippen molar-refractivity contribution in [3.05, 3.63) is 24.3 Å². The van der Waals surface area contributed by atoms with E-state index in [1.807, 2.05) is 45.9 Å². The van der Waals surface area contributed by atoms with E-state index in [4.69, 9.17) is 14.2 Å². The number of nitrogens with zero attached hydrogens (tertiary/aromatic N) is 3. The number of likely N-dealkylation sites (tertiary alicyclic amines) is 1. The third-order valence-corrected chi connectivity index (χ3v) is 4.16. The summed E-state index contributed by atoms with van der Waals surface area (Å²) in [5.41, 5.74) is 0.0531. The van der Waals surface area contributed by atoms with Gasteiger partial charge in [-0.1, -0.05) is 0 Å². The van der Waals surface area contributed by atoms with Crippen molar-refractivity contribution < 1.29 is 19.0 Å². The maximum Gasteiger partial charge on any atom is 0.410 e. The Morgan fingerprint density at radius 3 is 2.46 bits per heavy atom. The van der Waals surface area contributed by atoms with Gasteiger partial charge in [0, 0.05) is 30.0 Å². The van der Waals surface area contributed by atoms with Crippen LogP contribution in [0, 0.1) is 0 Å². The molecule has 2 atom stereocenters. The second kappa shape index (κ2) is 6.97. The van der Waals surface area contributed by atoms with Crippen LogP contribution in [0.1, 0.15) is 34.1 Å². The van der Waals surface area contributed by atoms with Crippen LogP contribution in [0.5, 0.6) is 11.8 Å². The number of ether oxygens (including phenoxy) is 3. The van der Waals surface area contributed by atoms with Crippen molar-refractivity contribution in [1.29, 1.82) is 0 Å². The van der Waals surface area contributed by atoms with Crippen LogP contribution in [-0.2, 0) is 4.74 Å². The fourth-order valence-corrected chi connectivity index (χ4v) is 2.96. The maximum absolute atomic E-state index is 12.3. The van der Waals surface area contributed by atoms with E-state index in [0.717, 1.165) is 11.8 Å². The zero-order chi connectivity index (χ0) is 18.9. The summed E-state index contributed by atoms with van der Waals surface area (Å²) in [6.07, 6.45) is 0.284. The molecule has 1 saturated heterocycles. The lowest BCUT2D eigenvalue weighted by Crippen LogP contribution is -2.39. The molecule has 0 saturated carbocycles. The lowest BCUT2D eigenvalue weighted by molar-refractivity contribution is 0.0223. The van der Waals surface area contributed by atoms with Gasteiger partial charge in [-0.15, -0.1) is 0 Å². The topological polar surface area (TPSA) is 73.8 Å². The molecule has 140 valence electrons. The van der Waals surface area contributed by atoms with Crippen molar-refractivity contribution in [2.24, 2.45) is 0 Å². The van der Waals surface area contributed by atoms with Crippen molar-refractivity contribution >= 4 is 17.1 Å². The molecule has 3 heterocycles. The first-order valence-corrected chi connectivity index (χ1v) is 8.73. The fourth-order valence-electron chi connectivity index (χ4n) is 2.96. The number of hydrogen-bond acceptors (Lipinski definition) is 6. The van der Waals surface area contributed by atoms with E-state index in [9.17, 15) is 4.79 Å². The summed E-state index contributed by atoms with van der Waals surface area (Å²) in [7, 11) is 1.57. The Bertz CT molecular complexity index is 803. The van der Waals surface area contributed by atoms with E-state index in [1.165, 1.54) is 0 Å². The second-order valence-electron chi connectivity index (χ2n) is 7.51. The van der Waals surface area contributed by atoms with Gasteiger partial charge in [0.25, 0.3) is 0 Å². The Morgan fingerprint density at radius 1 is 1.15 bits per heavy atom. The van der Waals surface area contributed by atoms with Gasteiger partial charge in [0.05, 0.1) is 13.7 Å². The van der Waals surface area contributed by atoms with Crippen molar-refractivity contribution in [2.45, 2.75) is 51.9 Å². The van der Waals surface area contributed by atoms with E-state index in [0.29, 0.717) is 24.0 Å². The maximum atomic E-state index is 12.3. The van der Waals surface area contributed by atoms with E-state index in [1.54, 1.807) is 18.1 Å². The largest absolute Gasteiger partial charge is 0.481 e. The molecule has 0 aromatic carbocycles. The lowest BCUT2D eigenvalue weighted by Gasteiger charge is -2.26. The number of pyridine rings is 2. The Kier molecular flexibility index (Phi) is 4.89. The smallest absolute Gasteiger partial charge is 0.410 e. The van der Waals surface area contributed by atoms with Crippen LogP contribution >= 0.6 is 0 Å². The second-order valence-corrected chi connectivity index (χ2v) is 7.51. The lowest BCUT2D eigenvalue weighted by atomic mass is 10.2. The van der Waals surface area contributed by atoms with Gasteiger partial charge >= 0.3 is 6.09 Å². The molecule has 2 aromatic rings. The highest BCUT2D eigenvalue weighted by atomic mass is 16.6. The fraction of sp³-hybridized carbons (Fsp3) is 0.526. The predicted octanol–water partition coefficient (Wildman–Crippen LogP) is 3.42. The molecule has 0 radical (unpaired) electrons.